The summed E-state index contributed by atoms with van der Waals surface area (Å²) in [6, 6.07) is 0. The van der Waals surface area contributed by atoms with E-state index < -0.39 is 6.10 Å². The van der Waals surface area contributed by atoms with E-state index in [2.05, 4.69) is 9.33 Å². The molecule has 0 aliphatic carbocycles. The molecule has 11 heavy (non-hydrogen) atoms. The van der Waals surface area contributed by atoms with Crippen molar-refractivity contribution in [3.63, 3.8) is 0 Å². The van der Waals surface area contributed by atoms with Crippen LogP contribution < -0.4 is 0 Å². The van der Waals surface area contributed by atoms with E-state index in [1.807, 2.05) is 13.8 Å². The Bertz CT molecular complexity index is 88.7. The lowest BCUT2D eigenvalue weighted by molar-refractivity contribution is -0.224. The van der Waals surface area contributed by atoms with Crippen molar-refractivity contribution in [2.24, 2.45) is 0 Å². The second kappa shape index (κ2) is 6.82. The minimum absolute atomic E-state index is 0.0101. The van der Waals surface area contributed by atoms with Crippen LogP contribution in [0.3, 0.4) is 0 Å². The van der Waals surface area contributed by atoms with E-state index in [1.165, 1.54) is 0 Å². The van der Waals surface area contributed by atoms with Crippen LogP contribution in [-0.2, 0) is 14.1 Å². The van der Waals surface area contributed by atoms with E-state index >= 15 is 0 Å². The van der Waals surface area contributed by atoms with E-state index in [0.29, 0.717) is 0 Å². The zero-order valence-corrected chi connectivity index (χ0v) is 7.37. The van der Waals surface area contributed by atoms with Crippen LogP contribution >= 0.6 is 11.9 Å². The van der Waals surface area contributed by atoms with Crippen molar-refractivity contribution in [1.29, 1.82) is 0 Å². The Kier molecular flexibility index (Phi) is 6.90. The zero-order valence-electron chi connectivity index (χ0n) is 6.62. The molecule has 0 aromatic carbocycles. The molecule has 4 nitrogen and oxygen atoms in total. The molecule has 0 aromatic rings. The number of halogens is 1. The van der Waals surface area contributed by atoms with Gasteiger partial charge < -0.3 is 9.84 Å². The van der Waals surface area contributed by atoms with Crippen LogP contribution in [0.2, 0.25) is 0 Å². The van der Waals surface area contributed by atoms with Crippen molar-refractivity contribution in [1.82, 2.24) is 0 Å². The monoisotopic (exact) mass is 184 g/mol. The highest BCUT2D eigenvalue weighted by Gasteiger charge is 2.05. The van der Waals surface area contributed by atoms with Crippen molar-refractivity contribution < 1.29 is 19.2 Å². The van der Waals surface area contributed by atoms with Gasteiger partial charge in [-0.3, -0.25) is 0 Å². The lowest BCUT2D eigenvalue weighted by Gasteiger charge is -2.11. The van der Waals surface area contributed by atoms with Crippen molar-refractivity contribution in [3.8, 4) is 0 Å². The Morgan fingerprint density at radius 1 is 1.36 bits per heavy atom. The number of aliphatic hydroxyl groups is 1. The van der Waals surface area contributed by atoms with E-state index in [1.54, 1.807) is 0 Å². The van der Waals surface area contributed by atoms with E-state index in [0.717, 1.165) is 0 Å². The molecule has 5 heteroatoms. The highest BCUT2D eigenvalue weighted by atomic mass is 35.5. The van der Waals surface area contributed by atoms with Gasteiger partial charge in [-0.1, -0.05) is 0 Å². The fraction of sp³-hybridized carbons (Fsp3) is 1.00. The van der Waals surface area contributed by atoms with Gasteiger partial charge in [0.15, 0.2) is 0 Å². The Morgan fingerprint density at radius 3 is 2.45 bits per heavy atom. The topological polar surface area (TPSA) is 47.9 Å². The minimum Gasteiger partial charge on any atom is -0.388 e. The van der Waals surface area contributed by atoms with Crippen LogP contribution in [0.4, 0.5) is 0 Å². The Labute approximate surface area is 71.1 Å². The van der Waals surface area contributed by atoms with Crippen LogP contribution in [0, 0.1) is 0 Å². The molecule has 0 bridgehead atoms. The van der Waals surface area contributed by atoms with Gasteiger partial charge in [0.1, 0.15) is 12.7 Å². The molecule has 0 aliphatic rings. The molecule has 68 valence electrons. The van der Waals surface area contributed by atoms with E-state index in [4.69, 9.17) is 21.7 Å². The van der Waals surface area contributed by atoms with Gasteiger partial charge in [0.05, 0.1) is 24.6 Å². The Hall–Kier alpha value is 0.130. The molecule has 1 atom stereocenters. The average molecular weight is 185 g/mol. The quantitative estimate of drug-likeness (QED) is 0.492. The number of aliphatic hydroxyl groups excluding tert-OH is 1. The van der Waals surface area contributed by atoms with E-state index in [9.17, 15) is 0 Å². The predicted octanol–water partition coefficient (Wildman–Crippen LogP) is 0.874. The molecule has 0 rings (SSSR count). The van der Waals surface area contributed by atoms with Crippen molar-refractivity contribution in [3.05, 3.63) is 0 Å². The third kappa shape index (κ3) is 8.03. The standard InChI is InChI=1S/C6H13ClO4/c1-5(2)9-3-6(8)4-10-11-7/h5-6,8H,3-4H2,1-2H3. The molecule has 0 fully saturated rings. The minimum atomic E-state index is -0.698. The third-order valence-corrected chi connectivity index (χ3v) is 1.02. The van der Waals surface area contributed by atoms with Crippen LogP contribution in [0.25, 0.3) is 0 Å². The highest BCUT2D eigenvalue weighted by Crippen LogP contribution is 1.93. The van der Waals surface area contributed by atoms with Gasteiger partial charge in [0.25, 0.3) is 0 Å². The molecule has 0 aliphatic heterocycles. The van der Waals surface area contributed by atoms with Gasteiger partial charge in [-0.25, -0.2) is 4.89 Å². The lowest BCUT2D eigenvalue weighted by Crippen LogP contribution is -2.23. The molecule has 0 saturated heterocycles. The fourth-order valence-corrected chi connectivity index (χ4v) is 0.507. The van der Waals surface area contributed by atoms with Gasteiger partial charge in [-0.15, -0.1) is 4.44 Å². The van der Waals surface area contributed by atoms with Gasteiger partial charge in [0, 0.05) is 0 Å². The second-order valence-electron chi connectivity index (χ2n) is 2.38. The number of hydrogen-bond donors (Lipinski definition) is 1. The summed E-state index contributed by atoms with van der Waals surface area (Å²) < 4.78 is 8.85. The highest BCUT2D eigenvalue weighted by molar-refractivity contribution is 6.06. The summed E-state index contributed by atoms with van der Waals surface area (Å²) in [4.78, 5) is 4.26. The normalized spacial score (nSPS) is 13.9. The molecule has 0 heterocycles. The number of ether oxygens (including phenoxy) is 1. The maximum atomic E-state index is 9.04. The summed E-state index contributed by atoms with van der Waals surface area (Å²) >= 11 is 4.73. The van der Waals surface area contributed by atoms with E-state index in [-0.39, 0.29) is 19.3 Å². The second-order valence-corrected chi connectivity index (χ2v) is 2.51. The van der Waals surface area contributed by atoms with Crippen molar-refractivity contribution in [2.45, 2.75) is 26.1 Å². The molecule has 1 unspecified atom stereocenters. The van der Waals surface area contributed by atoms with Gasteiger partial charge >= 0.3 is 0 Å². The smallest absolute Gasteiger partial charge is 0.112 e. The van der Waals surface area contributed by atoms with Crippen molar-refractivity contribution >= 4 is 11.9 Å². The maximum Gasteiger partial charge on any atom is 0.112 e. The summed E-state index contributed by atoms with van der Waals surface area (Å²) in [7, 11) is 0. The molecule has 1 N–H and O–H groups in total. The largest absolute Gasteiger partial charge is 0.388 e. The predicted molar refractivity (Wildman–Crippen MR) is 40.0 cm³/mol. The fourth-order valence-electron chi connectivity index (χ4n) is 0.456. The van der Waals surface area contributed by atoms with Crippen LogP contribution in [0.15, 0.2) is 0 Å². The SMILES string of the molecule is CC(C)OCC(O)COOCl. The Morgan fingerprint density at radius 2 is 2.00 bits per heavy atom. The number of rotatable bonds is 6. The maximum absolute atomic E-state index is 9.04. The summed E-state index contributed by atoms with van der Waals surface area (Å²) in [5, 5.41) is 9.04. The first-order valence-electron chi connectivity index (χ1n) is 3.36. The molecule has 0 aromatic heterocycles. The molecular weight excluding hydrogens is 172 g/mol. The van der Waals surface area contributed by atoms with Gasteiger partial charge in [-0.2, -0.15) is 0 Å². The molecule has 0 amide bonds. The summed E-state index contributed by atoms with van der Waals surface area (Å²) in [5.74, 6) is 0. The van der Waals surface area contributed by atoms with Gasteiger partial charge in [0.2, 0.25) is 0 Å². The average Bonchev–Trinajstić information content (AvgIpc) is 1.97. The Balaban J connectivity index is 3.15. The summed E-state index contributed by atoms with van der Waals surface area (Å²) in [6.07, 6.45) is -0.599. The molecule has 0 radical (unpaired) electrons. The van der Waals surface area contributed by atoms with Crippen LogP contribution in [0.5, 0.6) is 0 Å². The first-order chi connectivity index (χ1) is 5.16. The molecule has 0 spiro atoms. The van der Waals surface area contributed by atoms with Gasteiger partial charge in [-0.05, 0) is 13.8 Å². The molecule has 0 saturated carbocycles. The molecular formula is C6H13ClO4. The van der Waals surface area contributed by atoms with Crippen LogP contribution in [0.1, 0.15) is 13.8 Å². The number of hydrogen-bond acceptors (Lipinski definition) is 4. The lowest BCUT2D eigenvalue weighted by atomic mass is 10.4. The first kappa shape index (κ1) is 11.1. The van der Waals surface area contributed by atoms with Crippen molar-refractivity contribution in [2.75, 3.05) is 13.2 Å². The zero-order chi connectivity index (χ0) is 8.69. The van der Waals surface area contributed by atoms with Crippen LogP contribution in [-0.4, -0.2) is 30.5 Å². The first-order valence-corrected chi connectivity index (χ1v) is 3.67. The summed E-state index contributed by atoms with van der Waals surface area (Å²) in [6.45, 7) is 3.99. The third-order valence-electron chi connectivity index (χ3n) is 0.927. The summed E-state index contributed by atoms with van der Waals surface area (Å²) in [5.41, 5.74) is 0.